The van der Waals surface area contributed by atoms with Gasteiger partial charge < -0.3 is 10.6 Å². The molecule has 1 rings (SSSR count). The third-order valence-corrected chi connectivity index (χ3v) is 1.89. The lowest BCUT2D eigenvalue weighted by Crippen LogP contribution is -2.24. The summed E-state index contributed by atoms with van der Waals surface area (Å²) in [6.45, 7) is 0.307. The smallest absolute Gasteiger partial charge is 0.271 e. The van der Waals surface area contributed by atoms with Crippen LogP contribution >= 0.6 is 0 Å². The van der Waals surface area contributed by atoms with E-state index in [1.54, 1.807) is 20.2 Å². The molecule has 1 heterocycles. The van der Waals surface area contributed by atoms with Gasteiger partial charge in [-0.1, -0.05) is 0 Å². The van der Waals surface area contributed by atoms with Crippen molar-refractivity contribution < 1.29 is 4.79 Å². The molecule has 15 heavy (non-hydrogen) atoms. The lowest BCUT2D eigenvalue weighted by molar-refractivity contribution is 0.0816. The second kappa shape index (κ2) is 4.57. The molecule has 0 aromatic carbocycles. The SMILES string of the molecule is CN(C)C(=O)c1cc(CN)nn1CC#N. The maximum Gasteiger partial charge on any atom is 0.271 e. The molecule has 0 aliphatic heterocycles. The van der Waals surface area contributed by atoms with E-state index in [1.807, 2.05) is 6.07 Å². The summed E-state index contributed by atoms with van der Waals surface area (Å²) in [4.78, 5) is 13.1. The number of amides is 1. The van der Waals surface area contributed by atoms with Gasteiger partial charge in [0.15, 0.2) is 0 Å². The number of hydrogen-bond acceptors (Lipinski definition) is 4. The van der Waals surface area contributed by atoms with Crippen molar-refractivity contribution in [1.29, 1.82) is 5.26 Å². The van der Waals surface area contributed by atoms with Gasteiger partial charge in [-0.25, -0.2) is 4.68 Å². The predicted octanol–water partition coefficient (Wildman–Crippen LogP) is -0.433. The van der Waals surface area contributed by atoms with Crippen molar-refractivity contribution in [2.75, 3.05) is 14.1 Å². The standard InChI is InChI=1S/C9H13N5O/c1-13(2)9(15)8-5-7(6-11)12-14(8)4-3-10/h5H,4,6,11H2,1-2H3. The zero-order chi connectivity index (χ0) is 11.4. The van der Waals surface area contributed by atoms with Crippen molar-refractivity contribution in [3.63, 3.8) is 0 Å². The Hall–Kier alpha value is -1.87. The van der Waals surface area contributed by atoms with E-state index in [0.717, 1.165) is 0 Å². The Morgan fingerprint density at radius 1 is 1.73 bits per heavy atom. The van der Waals surface area contributed by atoms with Gasteiger partial charge in [-0.3, -0.25) is 4.79 Å². The van der Waals surface area contributed by atoms with E-state index in [9.17, 15) is 4.79 Å². The molecule has 0 saturated carbocycles. The van der Waals surface area contributed by atoms with Crippen molar-refractivity contribution in [2.45, 2.75) is 13.1 Å². The van der Waals surface area contributed by atoms with E-state index in [-0.39, 0.29) is 19.0 Å². The molecular weight excluding hydrogens is 194 g/mol. The van der Waals surface area contributed by atoms with E-state index < -0.39 is 0 Å². The molecule has 0 aliphatic rings. The van der Waals surface area contributed by atoms with E-state index in [4.69, 9.17) is 11.0 Å². The lowest BCUT2D eigenvalue weighted by Gasteiger charge is -2.09. The minimum atomic E-state index is -0.183. The summed E-state index contributed by atoms with van der Waals surface area (Å²) in [5.41, 5.74) is 6.42. The van der Waals surface area contributed by atoms with Gasteiger partial charge >= 0.3 is 0 Å². The van der Waals surface area contributed by atoms with Crippen LogP contribution in [-0.4, -0.2) is 34.7 Å². The highest BCUT2D eigenvalue weighted by molar-refractivity contribution is 5.92. The van der Waals surface area contributed by atoms with Crippen LogP contribution in [0.15, 0.2) is 6.07 Å². The highest BCUT2D eigenvalue weighted by atomic mass is 16.2. The Morgan fingerprint density at radius 3 is 2.87 bits per heavy atom. The number of carbonyl (C=O) groups is 1. The second-order valence-electron chi connectivity index (χ2n) is 3.24. The molecule has 1 aromatic heterocycles. The number of nitriles is 1. The minimum Gasteiger partial charge on any atom is -0.343 e. The Labute approximate surface area is 87.9 Å². The maximum atomic E-state index is 11.7. The topological polar surface area (TPSA) is 87.9 Å². The maximum absolute atomic E-state index is 11.7. The number of aromatic nitrogens is 2. The summed E-state index contributed by atoms with van der Waals surface area (Å²) in [6, 6.07) is 3.56. The highest BCUT2D eigenvalue weighted by Crippen LogP contribution is 2.06. The second-order valence-corrected chi connectivity index (χ2v) is 3.24. The van der Waals surface area contributed by atoms with E-state index >= 15 is 0 Å². The van der Waals surface area contributed by atoms with Crippen LogP contribution in [0.25, 0.3) is 0 Å². The van der Waals surface area contributed by atoms with Gasteiger partial charge in [-0.05, 0) is 6.07 Å². The van der Waals surface area contributed by atoms with Gasteiger partial charge in [-0.2, -0.15) is 10.4 Å². The summed E-state index contributed by atoms with van der Waals surface area (Å²) in [6.07, 6.45) is 0. The van der Waals surface area contributed by atoms with Gasteiger partial charge in [0.1, 0.15) is 12.2 Å². The molecule has 6 nitrogen and oxygen atoms in total. The molecule has 2 N–H and O–H groups in total. The van der Waals surface area contributed by atoms with Gasteiger partial charge in [0.2, 0.25) is 0 Å². The largest absolute Gasteiger partial charge is 0.343 e. The summed E-state index contributed by atoms with van der Waals surface area (Å²) in [7, 11) is 3.29. The lowest BCUT2D eigenvalue weighted by atomic mass is 10.3. The molecule has 0 aliphatic carbocycles. The zero-order valence-electron chi connectivity index (χ0n) is 8.77. The average molecular weight is 207 g/mol. The first kappa shape index (κ1) is 11.2. The number of nitrogens with zero attached hydrogens (tertiary/aromatic N) is 4. The van der Waals surface area contributed by atoms with Crippen molar-refractivity contribution in [2.24, 2.45) is 5.73 Å². The van der Waals surface area contributed by atoms with E-state index in [1.165, 1.54) is 9.58 Å². The van der Waals surface area contributed by atoms with Crippen LogP contribution in [0.4, 0.5) is 0 Å². The molecule has 0 atom stereocenters. The third kappa shape index (κ3) is 2.33. The molecular formula is C9H13N5O. The molecule has 0 radical (unpaired) electrons. The Balaban J connectivity index is 3.09. The average Bonchev–Trinajstić information content (AvgIpc) is 2.60. The molecule has 1 amide bonds. The molecule has 1 aromatic rings. The van der Waals surface area contributed by atoms with Crippen LogP contribution < -0.4 is 5.73 Å². The van der Waals surface area contributed by atoms with E-state index in [0.29, 0.717) is 11.4 Å². The third-order valence-electron chi connectivity index (χ3n) is 1.89. The predicted molar refractivity (Wildman–Crippen MR) is 53.7 cm³/mol. The highest BCUT2D eigenvalue weighted by Gasteiger charge is 2.15. The van der Waals surface area contributed by atoms with Crippen LogP contribution in [0.2, 0.25) is 0 Å². The monoisotopic (exact) mass is 207 g/mol. The van der Waals surface area contributed by atoms with Crippen LogP contribution in [0.1, 0.15) is 16.2 Å². The van der Waals surface area contributed by atoms with E-state index in [2.05, 4.69) is 5.10 Å². The molecule has 0 bridgehead atoms. The summed E-state index contributed by atoms with van der Waals surface area (Å²) in [5, 5.41) is 12.6. The molecule has 6 heteroatoms. The first-order valence-electron chi connectivity index (χ1n) is 4.45. The van der Waals surface area contributed by atoms with Crippen LogP contribution in [-0.2, 0) is 13.1 Å². The molecule has 0 saturated heterocycles. The molecule has 0 unspecified atom stereocenters. The van der Waals surface area contributed by atoms with Gasteiger partial charge in [-0.15, -0.1) is 0 Å². The van der Waals surface area contributed by atoms with Gasteiger partial charge in [0.05, 0.1) is 11.8 Å². The Morgan fingerprint density at radius 2 is 2.40 bits per heavy atom. The zero-order valence-corrected chi connectivity index (χ0v) is 8.77. The number of rotatable bonds is 3. The Kier molecular flexibility index (Phi) is 3.42. The summed E-state index contributed by atoms with van der Waals surface area (Å²) >= 11 is 0. The summed E-state index contributed by atoms with van der Waals surface area (Å²) < 4.78 is 1.37. The number of carbonyl (C=O) groups excluding carboxylic acids is 1. The van der Waals surface area contributed by atoms with Crippen LogP contribution in [0, 0.1) is 11.3 Å². The van der Waals surface area contributed by atoms with Crippen molar-refractivity contribution >= 4 is 5.91 Å². The molecule has 0 spiro atoms. The molecule has 80 valence electrons. The summed E-state index contributed by atoms with van der Waals surface area (Å²) in [5.74, 6) is -0.183. The van der Waals surface area contributed by atoms with Crippen LogP contribution in [0.5, 0.6) is 0 Å². The van der Waals surface area contributed by atoms with Crippen molar-refractivity contribution in [1.82, 2.24) is 14.7 Å². The van der Waals surface area contributed by atoms with Crippen LogP contribution in [0.3, 0.4) is 0 Å². The quantitative estimate of drug-likeness (QED) is 0.728. The Bertz CT molecular complexity index is 401. The van der Waals surface area contributed by atoms with Crippen molar-refractivity contribution in [3.8, 4) is 6.07 Å². The fourth-order valence-electron chi connectivity index (χ4n) is 1.16. The van der Waals surface area contributed by atoms with Gasteiger partial charge in [0.25, 0.3) is 5.91 Å². The number of nitrogens with two attached hydrogens (primary N) is 1. The number of hydrogen-bond donors (Lipinski definition) is 1. The normalized spacial score (nSPS) is 9.73. The van der Waals surface area contributed by atoms with Gasteiger partial charge in [0, 0.05) is 20.6 Å². The first-order valence-corrected chi connectivity index (χ1v) is 4.45. The minimum absolute atomic E-state index is 0.0505. The fourth-order valence-corrected chi connectivity index (χ4v) is 1.16. The van der Waals surface area contributed by atoms with Crippen molar-refractivity contribution in [3.05, 3.63) is 17.5 Å². The first-order chi connectivity index (χ1) is 7.10. The molecule has 0 fully saturated rings. The fraction of sp³-hybridized carbons (Fsp3) is 0.444.